The summed E-state index contributed by atoms with van der Waals surface area (Å²) in [6.45, 7) is 1.99. The zero-order chi connectivity index (χ0) is 20.0. The van der Waals surface area contributed by atoms with Crippen LogP contribution in [0.2, 0.25) is 0 Å². The molecule has 0 fully saturated rings. The Balaban J connectivity index is 1.64. The van der Waals surface area contributed by atoms with Crippen molar-refractivity contribution >= 4 is 11.4 Å². The minimum Gasteiger partial charge on any atom is -0.497 e. The monoisotopic (exact) mass is 383 g/mol. The van der Waals surface area contributed by atoms with Crippen molar-refractivity contribution in [2.24, 2.45) is 0 Å². The number of hydrogen-bond donors (Lipinski definition) is 0. The summed E-state index contributed by atoms with van der Waals surface area (Å²) in [4.78, 5) is 17.5. The minimum atomic E-state index is 0.133. The highest BCUT2D eigenvalue weighted by molar-refractivity contribution is 5.99. The average Bonchev–Trinajstić information content (AvgIpc) is 3.10. The fourth-order valence-corrected chi connectivity index (χ4v) is 4.26. The molecular formula is C24H21N3O2. The van der Waals surface area contributed by atoms with Crippen LogP contribution in [0.25, 0.3) is 16.8 Å². The first kappa shape index (κ1) is 17.6. The van der Waals surface area contributed by atoms with Gasteiger partial charge in [-0.2, -0.15) is 5.10 Å². The van der Waals surface area contributed by atoms with Gasteiger partial charge in [-0.3, -0.25) is 4.79 Å². The van der Waals surface area contributed by atoms with Gasteiger partial charge in [0.1, 0.15) is 5.75 Å². The number of fused-ring (bicyclic) bond motifs is 3. The van der Waals surface area contributed by atoms with Crippen LogP contribution in [0.1, 0.15) is 39.6 Å². The van der Waals surface area contributed by atoms with E-state index in [9.17, 15) is 4.79 Å². The van der Waals surface area contributed by atoms with Crippen LogP contribution >= 0.6 is 0 Å². The lowest BCUT2D eigenvalue weighted by Crippen LogP contribution is -2.22. The molecule has 4 aromatic rings. The van der Waals surface area contributed by atoms with Gasteiger partial charge in [-0.25, -0.2) is 9.50 Å². The van der Waals surface area contributed by atoms with Gasteiger partial charge < -0.3 is 4.74 Å². The molecule has 0 radical (unpaired) electrons. The van der Waals surface area contributed by atoms with Crippen LogP contribution in [0.5, 0.6) is 5.75 Å². The van der Waals surface area contributed by atoms with Crippen molar-refractivity contribution in [1.29, 1.82) is 0 Å². The van der Waals surface area contributed by atoms with E-state index in [-0.39, 0.29) is 11.7 Å². The molecule has 1 atom stereocenters. The standard InChI is InChI=1S/C24H21N3O2/c1-15-23(17-8-10-19(29-2)11-9-17)24-25-14-20-21(27(24)26-15)12-18(13-22(20)28)16-6-4-3-5-7-16/h3-11,14,18H,12-13H2,1-2H3/t18-/m1/s1. The van der Waals surface area contributed by atoms with Crippen molar-refractivity contribution in [1.82, 2.24) is 14.6 Å². The third-order valence-electron chi connectivity index (χ3n) is 5.74. The Morgan fingerprint density at radius 1 is 1.03 bits per heavy atom. The first-order valence-corrected chi connectivity index (χ1v) is 9.75. The number of Topliss-reactive ketones (excluding diaryl/α,β-unsaturated/α-hetero) is 1. The Bertz CT molecular complexity index is 1210. The quantitative estimate of drug-likeness (QED) is 0.518. The van der Waals surface area contributed by atoms with Gasteiger partial charge in [0.05, 0.1) is 24.1 Å². The van der Waals surface area contributed by atoms with Crippen LogP contribution in [0.15, 0.2) is 60.8 Å². The Labute approximate surface area is 169 Å². The Morgan fingerprint density at radius 2 is 1.79 bits per heavy atom. The van der Waals surface area contributed by atoms with Crippen LogP contribution in [-0.2, 0) is 6.42 Å². The first-order valence-electron chi connectivity index (χ1n) is 9.75. The molecule has 29 heavy (non-hydrogen) atoms. The number of methoxy groups -OCH3 is 1. The van der Waals surface area contributed by atoms with Gasteiger partial charge in [-0.1, -0.05) is 42.5 Å². The van der Waals surface area contributed by atoms with E-state index < -0.39 is 0 Å². The number of rotatable bonds is 3. The molecule has 5 nitrogen and oxygen atoms in total. The van der Waals surface area contributed by atoms with Crippen molar-refractivity contribution in [3.63, 3.8) is 0 Å². The van der Waals surface area contributed by atoms with E-state index in [0.717, 1.165) is 40.3 Å². The maximum absolute atomic E-state index is 12.9. The zero-order valence-corrected chi connectivity index (χ0v) is 16.4. The van der Waals surface area contributed by atoms with Gasteiger partial charge in [-0.15, -0.1) is 0 Å². The van der Waals surface area contributed by atoms with Crippen molar-refractivity contribution in [2.75, 3.05) is 7.11 Å². The van der Waals surface area contributed by atoms with Gasteiger partial charge in [0.2, 0.25) is 0 Å². The Morgan fingerprint density at radius 3 is 2.52 bits per heavy atom. The van der Waals surface area contributed by atoms with E-state index >= 15 is 0 Å². The molecule has 144 valence electrons. The lowest BCUT2D eigenvalue weighted by Gasteiger charge is -2.24. The highest BCUT2D eigenvalue weighted by atomic mass is 16.5. The summed E-state index contributed by atoms with van der Waals surface area (Å²) < 4.78 is 7.14. The van der Waals surface area contributed by atoms with Crippen LogP contribution in [0, 0.1) is 6.92 Å². The fraction of sp³-hybridized carbons (Fsp3) is 0.208. The lowest BCUT2D eigenvalue weighted by atomic mass is 9.82. The van der Waals surface area contributed by atoms with Crippen LogP contribution < -0.4 is 4.74 Å². The van der Waals surface area contributed by atoms with Crippen LogP contribution in [-0.4, -0.2) is 27.5 Å². The van der Waals surface area contributed by atoms with Crippen molar-refractivity contribution in [3.05, 3.63) is 83.3 Å². The van der Waals surface area contributed by atoms with Crippen molar-refractivity contribution < 1.29 is 9.53 Å². The number of hydrogen-bond acceptors (Lipinski definition) is 4. The average molecular weight is 383 g/mol. The number of aryl methyl sites for hydroxylation is 1. The van der Waals surface area contributed by atoms with E-state index in [1.807, 2.05) is 53.9 Å². The molecule has 0 amide bonds. The number of ether oxygens (including phenoxy) is 1. The predicted octanol–water partition coefficient (Wildman–Crippen LogP) is 4.63. The molecule has 0 unspecified atom stereocenters. The molecule has 0 spiro atoms. The third-order valence-corrected chi connectivity index (χ3v) is 5.74. The van der Waals surface area contributed by atoms with Crippen molar-refractivity contribution in [3.8, 4) is 16.9 Å². The van der Waals surface area contributed by atoms with Gasteiger partial charge in [0, 0.05) is 18.2 Å². The van der Waals surface area contributed by atoms with Gasteiger partial charge >= 0.3 is 0 Å². The van der Waals surface area contributed by atoms with E-state index in [1.165, 1.54) is 5.56 Å². The maximum Gasteiger partial charge on any atom is 0.166 e. The summed E-state index contributed by atoms with van der Waals surface area (Å²) >= 11 is 0. The second-order valence-electron chi connectivity index (χ2n) is 7.48. The third kappa shape index (κ3) is 2.90. The molecular weight excluding hydrogens is 362 g/mol. The van der Waals surface area contributed by atoms with Crippen LogP contribution in [0.4, 0.5) is 0 Å². The molecule has 1 aliphatic rings. The van der Waals surface area contributed by atoms with Gasteiger partial charge in [-0.05, 0) is 42.5 Å². The van der Waals surface area contributed by atoms with Crippen LogP contribution in [0.3, 0.4) is 0 Å². The molecule has 2 heterocycles. The predicted molar refractivity (Wildman–Crippen MR) is 112 cm³/mol. The summed E-state index contributed by atoms with van der Waals surface area (Å²) in [5, 5.41) is 4.78. The van der Waals surface area contributed by atoms with E-state index in [0.29, 0.717) is 12.0 Å². The molecule has 1 aliphatic carbocycles. The minimum absolute atomic E-state index is 0.133. The molecule has 0 saturated heterocycles. The molecule has 0 aliphatic heterocycles. The van der Waals surface area contributed by atoms with E-state index in [1.54, 1.807) is 13.3 Å². The fourth-order valence-electron chi connectivity index (χ4n) is 4.26. The maximum atomic E-state index is 12.9. The summed E-state index contributed by atoms with van der Waals surface area (Å²) in [6, 6.07) is 18.1. The summed E-state index contributed by atoms with van der Waals surface area (Å²) in [5.74, 6) is 1.11. The number of ketones is 1. The molecule has 5 rings (SSSR count). The summed E-state index contributed by atoms with van der Waals surface area (Å²) in [5.41, 5.74) is 6.53. The smallest absolute Gasteiger partial charge is 0.166 e. The Hall–Kier alpha value is -3.47. The molecule has 5 heteroatoms. The largest absolute Gasteiger partial charge is 0.497 e. The molecule has 2 aromatic carbocycles. The number of benzene rings is 2. The number of carbonyl (C=O) groups excluding carboxylic acids is 1. The second kappa shape index (κ2) is 6.85. The molecule has 0 N–H and O–H groups in total. The normalized spacial score (nSPS) is 16.1. The summed E-state index contributed by atoms with van der Waals surface area (Å²) in [7, 11) is 1.66. The number of carbonyl (C=O) groups is 1. The topological polar surface area (TPSA) is 56.5 Å². The van der Waals surface area contributed by atoms with E-state index in [2.05, 4.69) is 17.1 Å². The second-order valence-corrected chi connectivity index (χ2v) is 7.48. The first-order chi connectivity index (χ1) is 14.2. The number of aromatic nitrogens is 3. The Kier molecular flexibility index (Phi) is 4.16. The van der Waals surface area contributed by atoms with Gasteiger partial charge in [0.15, 0.2) is 11.4 Å². The number of nitrogens with zero attached hydrogens (tertiary/aromatic N) is 3. The van der Waals surface area contributed by atoms with Gasteiger partial charge in [0.25, 0.3) is 0 Å². The SMILES string of the molecule is COc1ccc(-c2c(C)nn3c4c(cnc23)C(=O)C[C@H](c2ccccc2)C4)cc1. The summed E-state index contributed by atoms with van der Waals surface area (Å²) in [6.07, 6.45) is 3.01. The van der Waals surface area contributed by atoms with E-state index in [4.69, 9.17) is 9.84 Å². The highest BCUT2D eigenvalue weighted by Crippen LogP contribution is 2.35. The lowest BCUT2D eigenvalue weighted by molar-refractivity contribution is 0.0962. The molecule has 0 bridgehead atoms. The van der Waals surface area contributed by atoms with Crippen molar-refractivity contribution in [2.45, 2.75) is 25.7 Å². The molecule has 0 saturated carbocycles. The highest BCUT2D eigenvalue weighted by Gasteiger charge is 2.30. The zero-order valence-electron chi connectivity index (χ0n) is 16.4. The molecule has 2 aromatic heterocycles.